The van der Waals surface area contributed by atoms with Crippen LogP contribution in [0.25, 0.3) is 0 Å². The standard InChI is InChI=1S/C16H27N7O2/c1-16(2,3)22-15(24)21-14-12(10-17)13(19-11-20-14)18-4-5-23-6-8-25-9-7-23/h10-11,17H,4-9H2,1-3H3,(H3,18,19,20,21,22,24). The van der Waals surface area contributed by atoms with Crippen LogP contribution in [0, 0.1) is 5.41 Å². The number of amides is 2. The van der Waals surface area contributed by atoms with Crippen molar-refractivity contribution in [3.63, 3.8) is 0 Å². The molecule has 0 aliphatic carbocycles. The quantitative estimate of drug-likeness (QED) is 0.573. The highest BCUT2D eigenvalue weighted by atomic mass is 16.5. The number of carbonyl (C=O) groups excluding carboxylic acids is 1. The number of nitrogens with zero attached hydrogens (tertiary/aromatic N) is 3. The molecule has 0 saturated carbocycles. The smallest absolute Gasteiger partial charge is 0.320 e. The molecule has 1 aliphatic rings. The molecular formula is C16H27N7O2. The zero-order valence-corrected chi connectivity index (χ0v) is 15.1. The first-order chi connectivity index (χ1) is 11.9. The van der Waals surface area contributed by atoms with Gasteiger partial charge < -0.3 is 20.8 Å². The van der Waals surface area contributed by atoms with Crippen LogP contribution in [0.1, 0.15) is 26.3 Å². The molecule has 1 aromatic heterocycles. The SMILES string of the molecule is CC(C)(C)NC(=O)Nc1ncnc(NCCN2CCOCC2)c1C=N. The fourth-order valence-corrected chi connectivity index (χ4v) is 2.41. The van der Waals surface area contributed by atoms with Gasteiger partial charge in [-0.25, -0.2) is 14.8 Å². The number of hydrogen-bond donors (Lipinski definition) is 4. The van der Waals surface area contributed by atoms with Crippen molar-refractivity contribution in [1.29, 1.82) is 5.41 Å². The fourth-order valence-electron chi connectivity index (χ4n) is 2.41. The highest BCUT2D eigenvalue weighted by molar-refractivity contribution is 5.97. The molecule has 2 heterocycles. The highest BCUT2D eigenvalue weighted by Crippen LogP contribution is 2.17. The van der Waals surface area contributed by atoms with Gasteiger partial charge in [-0.1, -0.05) is 0 Å². The second kappa shape index (κ2) is 8.72. The first-order valence-electron chi connectivity index (χ1n) is 8.37. The number of aromatic nitrogens is 2. The van der Waals surface area contributed by atoms with Gasteiger partial charge in [0.15, 0.2) is 0 Å². The summed E-state index contributed by atoms with van der Waals surface area (Å²) in [6.07, 6.45) is 2.51. The Balaban J connectivity index is 1.96. The molecular weight excluding hydrogens is 322 g/mol. The van der Waals surface area contributed by atoms with Crippen molar-refractivity contribution in [2.75, 3.05) is 50.0 Å². The van der Waals surface area contributed by atoms with Crippen LogP contribution in [0.15, 0.2) is 6.33 Å². The van der Waals surface area contributed by atoms with E-state index in [9.17, 15) is 4.79 Å². The summed E-state index contributed by atoms with van der Waals surface area (Å²) in [5, 5.41) is 16.3. The van der Waals surface area contributed by atoms with Gasteiger partial charge in [-0.15, -0.1) is 0 Å². The summed E-state index contributed by atoms with van der Waals surface area (Å²) >= 11 is 0. The van der Waals surface area contributed by atoms with E-state index in [1.807, 2.05) is 20.8 Å². The average Bonchev–Trinajstić information content (AvgIpc) is 2.54. The lowest BCUT2D eigenvalue weighted by molar-refractivity contribution is 0.0398. The zero-order valence-electron chi connectivity index (χ0n) is 15.1. The molecule has 0 bridgehead atoms. The van der Waals surface area contributed by atoms with Crippen LogP contribution in [0.5, 0.6) is 0 Å². The summed E-state index contributed by atoms with van der Waals surface area (Å²) in [6.45, 7) is 10.6. The first-order valence-corrected chi connectivity index (χ1v) is 8.37. The van der Waals surface area contributed by atoms with E-state index in [-0.39, 0.29) is 11.6 Å². The molecule has 0 aromatic carbocycles. The Kier molecular flexibility index (Phi) is 6.65. The molecule has 1 aliphatic heterocycles. The molecule has 1 fully saturated rings. The molecule has 0 unspecified atom stereocenters. The van der Waals surface area contributed by atoms with Crippen LogP contribution in [0.3, 0.4) is 0 Å². The number of hydrogen-bond acceptors (Lipinski definition) is 7. The second-order valence-corrected chi connectivity index (χ2v) is 6.84. The van der Waals surface area contributed by atoms with Gasteiger partial charge in [0.1, 0.15) is 18.0 Å². The molecule has 0 radical (unpaired) electrons. The molecule has 9 heteroatoms. The molecule has 2 amide bonds. The van der Waals surface area contributed by atoms with Gasteiger partial charge in [0.25, 0.3) is 0 Å². The maximum atomic E-state index is 12.0. The Bertz CT molecular complexity index is 595. The summed E-state index contributed by atoms with van der Waals surface area (Å²) in [5.74, 6) is 0.838. The van der Waals surface area contributed by atoms with Gasteiger partial charge in [0.05, 0.1) is 18.8 Å². The number of morpholine rings is 1. The third-order valence-corrected chi connectivity index (χ3v) is 3.57. The number of urea groups is 1. The van der Waals surface area contributed by atoms with Gasteiger partial charge in [0, 0.05) is 37.9 Å². The molecule has 138 valence electrons. The van der Waals surface area contributed by atoms with Crippen molar-refractivity contribution in [3.8, 4) is 0 Å². The van der Waals surface area contributed by atoms with E-state index in [0.29, 0.717) is 23.7 Å². The molecule has 25 heavy (non-hydrogen) atoms. The minimum Gasteiger partial charge on any atom is -0.379 e. The maximum absolute atomic E-state index is 12.0. The first kappa shape index (κ1) is 19.1. The number of rotatable bonds is 6. The van der Waals surface area contributed by atoms with Gasteiger partial charge >= 0.3 is 6.03 Å². The molecule has 0 atom stereocenters. The van der Waals surface area contributed by atoms with E-state index in [4.69, 9.17) is 10.1 Å². The van der Waals surface area contributed by atoms with E-state index >= 15 is 0 Å². The Morgan fingerprint density at radius 2 is 2.00 bits per heavy atom. The van der Waals surface area contributed by atoms with Crippen LogP contribution >= 0.6 is 0 Å². The minimum atomic E-state index is -0.367. The number of ether oxygens (including phenoxy) is 1. The van der Waals surface area contributed by atoms with E-state index in [0.717, 1.165) is 39.1 Å². The van der Waals surface area contributed by atoms with Crippen molar-refractivity contribution in [1.82, 2.24) is 20.2 Å². The molecule has 1 saturated heterocycles. The fraction of sp³-hybridized carbons (Fsp3) is 0.625. The summed E-state index contributed by atoms with van der Waals surface area (Å²) in [4.78, 5) is 22.6. The third kappa shape index (κ3) is 6.28. The molecule has 0 spiro atoms. The number of anilines is 2. The average molecular weight is 349 g/mol. The Hall–Kier alpha value is -2.26. The lowest BCUT2D eigenvalue weighted by Gasteiger charge is -2.26. The zero-order chi connectivity index (χ0) is 18.3. The summed E-state index contributed by atoms with van der Waals surface area (Å²) < 4.78 is 5.33. The van der Waals surface area contributed by atoms with E-state index in [2.05, 4.69) is 30.8 Å². The van der Waals surface area contributed by atoms with Gasteiger partial charge in [-0.05, 0) is 20.8 Å². The molecule has 2 rings (SSSR count). The molecule has 1 aromatic rings. The number of carbonyl (C=O) groups is 1. The maximum Gasteiger partial charge on any atom is 0.320 e. The number of nitrogens with one attached hydrogen (secondary N) is 4. The normalized spacial score (nSPS) is 15.5. The predicted molar refractivity (Wildman–Crippen MR) is 97.6 cm³/mol. The van der Waals surface area contributed by atoms with Crippen LogP contribution in [-0.2, 0) is 4.74 Å². The summed E-state index contributed by atoms with van der Waals surface area (Å²) in [5.41, 5.74) is 0.0924. The largest absolute Gasteiger partial charge is 0.379 e. The Morgan fingerprint density at radius 1 is 1.32 bits per heavy atom. The molecule has 4 N–H and O–H groups in total. The lowest BCUT2D eigenvalue weighted by atomic mass is 10.1. The van der Waals surface area contributed by atoms with E-state index in [1.54, 1.807) is 0 Å². The van der Waals surface area contributed by atoms with E-state index < -0.39 is 0 Å². The van der Waals surface area contributed by atoms with Crippen LogP contribution in [0.4, 0.5) is 16.4 Å². The van der Waals surface area contributed by atoms with Crippen molar-refractivity contribution in [2.45, 2.75) is 26.3 Å². The molecule has 9 nitrogen and oxygen atoms in total. The lowest BCUT2D eigenvalue weighted by Crippen LogP contribution is -2.43. The monoisotopic (exact) mass is 349 g/mol. The summed E-state index contributed by atoms with van der Waals surface area (Å²) in [7, 11) is 0. The summed E-state index contributed by atoms with van der Waals surface area (Å²) in [6, 6.07) is -0.367. The minimum absolute atomic E-state index is 0.306. The van der Waals surface area contributed by atoms with Crippen molar-refractivity contribution in [2.24, 2.45) is 0 Å². The van der Waals surface area contributed by atoms with Gasteiger partial charge in [-0.2, -0.15) is 0 Å². The van der Waals surface area contributed by atoms with Crippen LogP contribution in [0.2, 0.25) is 0 Å². The topological polar surface area (TPSA) is 115 Å². The Labute approximate surface area is 148 Å². The van der Waals surface area contributed by atoms with Crippen molar-refractivity contribution in [3.05, 3.63) is 11.9 Å². The van der Waals surface area contributed by atoms with E-state index in [1.165, 1.54) is 6.33 Å². The predicted octanol–water partition coefficient (Wildman–Crippen LogP) is 1.14. The van der Waals surface area contributed by atoms with Crippen molar-refractivity contribution >= 4 is 23.9 Å². The van der Waals surface area contributed by atoms with Gasteiger partial charge in [-0.3, -0.25) is 10.2 Å². The highest BCUT2D eigenvalue weighted by Gasteiger charge is 2.17. The Morgan fingerprint density at radius 3 is 2.64 bits per heavy atom. The van der Waals surface area contributed by atoms with Crippen LogP contribution in [-0.4, -0.2) is 72.0 Å². The third-order valence-electron chi connectivity index (χ3n) is 3.57. The van der Waals surface area contributed by atoms with Crippen molar-refractivity contribution < 1.29 is 9.53 Å². The second-order valence-electron chi connectivity index (χ2n) is 6.84. The van der Waals surface area contributed by atoms with Gasteiger partial charge in [0.2, 0.25) is 0 Å². The van der Waals surface area contributed by atoms with Crippen LogP contribution < -0.4 is 16.0 Å².